The minimum Gasteiger partial charge on any atom is -0.370 e. The molecule has 9 nitrogen and oxygen atoms in total. The molecular formula is C13H20F3N7O2S. The predicted octanol–water partition coefficient (Wildman–Crippen LogP) is 1.64. The van der Waals surface area contributed by atoms with Gasteiger partial charge in [0.1, 0.15) is 6.54 Å². The van der Waals surface area contributed by atoms with Gasteiger partial charge in [0.15, 0.2) is 16.9 Å². The topological polar surface area (TPSA) is 130 Å². The van der Waals surface area contributed by atoms with E-state index in [1.165, 1.54) is 11.3 Å². The first kappa shape index (κ1) is 21.5. The van der Waals surface area contributed by atoms with E-state index in [0.29, 0.717) is 23.9 Å². The van der Waals surface area contributed by atoms with Crippen molar-refractivity contribution in [3.05, 3.63) is 33.2 Å². The lowest BCUT2D eigenvalue weighted by atomic mass is 10.2. The van der Waals surface area contributed by atoms with Gasteiger partial charge < -0.3 is 21.7 Å². The molecule has 13 heteroatoms. The summed E-state index contributed by atoms with van der Waals surface area (Å²) < 4.78 is 36.1. The Bertz CT molecular complexity index is 646. The Labute approximate surface area is 151 Å². The molecule has 0 aromatic carbocycles. The van der Waals surface area contributed by atoms with Gasteiger partial charge in [0.2, 0.25) is 0 Å². The Hall–Kier alpha value is -2.57. The van der Waals surface area contributed by atoms with Gasteiger partial charge in [0.25, 0.3) is 6.20 Å². The Morgan fingerprint density at radius 2 is 2.23 bits per heavy atom. The second-order valence-electron chi connectivity index (χ2n) is 5.05. The molecule has 0 saturated carbocycles. The van der Waals surface area contributed by atoms with Crippen LogP contribution < -0.4 is 21.7 Å². The second-order valence-corrected chi connectivity index (χ2v) is 5.91. The highest BCUT2D eigenvalue weighted by Crippen LogP contribution is 2.17. The van der Waals surface area contributed by atoms with Gasteiger partial charge in [-0.05, 0) is 19.3 Å². The number of aryl methyl sites for hydroxylation is 1. The molecule has 1 aromatic rings. The van der Waals surface area contributed by atoms with Crippen LogP contribution >= 0.6 is 11.3 Å². The van der Waals surface area contributed by atoms with Gasteiger partial charge in [0.05, 0.1) is 10.6 Å². The van der Waals surface area contributed by atoms with Crippen LogP contribution in [0.4, 0.5) is 18.3 Å². The zero-order chi connectivity index (χ0) is 19.6. The normalized spacial score (nSPS) is 12.8. The molecule has 0 bridgehead atoms. The average Bonchev–Trinajstić information content (AvgIpc) is 2.97. The van der Waals surface area contributed by atoms with Gasteiger partial charge in [-0.2, -0.15) is 13.2 Å². The largest absolute Gasteiger partial charge is 0.408 e. The number of anilines is 1. The first-order valence-corrected chi connectivity index (χ1v) is 8.42. The van der Waals surface area contributed by atoms with Crippen molar-refractivity contribution in [2.75, 3.05) is 25.5 Å². The highest BCUT2D eigenvalue weighted by atomic mass is 32.1. The van der Waals surface area contributed by atoms with E-state index in [4.69, 9.17) is 5.73 Å². The molecule has 0 aliphatic carbocycles. The van der Waals surface area contributed by atoms with Crippen molar-refractivity contribution in [1.29, 1.82) is 0 Å². The van der Waals surface area contributed by atoms with Crippen molar-refractivity contribution in [2.24, 2.45) is 10.7 Å². The number of unbranched alkanes of at least 4 members (excludes halogenated alkanes) is 1. The number of alkyl halides is 3. The molecule has 1 rings (SSSR count). The Morgan fingerprint density at radius 1 is 1.50 bits per heavy atom. The summed E-state index contributed by atoms with van der Waals surface area (Å²) in [4.78, 5) is 17.2. The number of hydrogen-bond donors (Lipinski definition) is 4. The Kier molecular flexibility index (Phi) is 8.61. The van der Waals surface area contributed by atoms with Crippen LogP contribution in [0, 0.1) is 10.1 Å². The molecule has 5 N–H and O–H groups in total. The van der Waals surface area contributed by atoms with Crippen molar-refractivity contribution >= 4 is 22.4 Å². The van der Waals surface area contributed by atoms with E-state index in [-0.39, 0.29) is 5.96 Å². The number of nitrogens with two attached hydrogens (primary N) is 1. The van der Waals surface area contributed by atoms with Gasteiger partial charge in [-0.25, -0.2) is 9.98 Å². The minimum absolute atomic E-state index is 0.323. The van der Waals surface area contributed by atoms with E-state index < -0.39 is 17.6 Å². The molecule has 0 aliphatic heterocycles. The number of aromatic nitrogens is 1. The molecule has 146 valence electrons. The molecule has 0 amide bonds. The average molecular weight is 395 g/mol. The first-order chi connectivity index (χ1) is 12.2. The zero-order valence-electron chi connectivity index (χ0n) is 14.0. The molecule has 0 unspecified atom stereocenters. The van der Waals surface area contributed by atoms with Crippen molar-refractivity contribution in [3.8, 4) is 0 Å². The number of nitrogens with zero attached hydrogens (tertiary/aromatic N) is 3. The lowest BCUT2D eigenvalue weighted by molar-refractivity contribution is -0.404. The van der Waals surface area contributed by atoms with E-state index in [0.717, 1.165) is 24.7 Å². The molecule has 0 spiro atoms. The standard InChI is InChI=1S/C13H20F3N7O2S/c1-18-10(6-23(24)25)19-5-3-2-4-9-7-26-12(21-9)22-11(17)20-8-13(14,15)16/h6-7,18-19H,2-5,8H2,1H3,(H3,17,20,21,22). The van der Waals surface area contributed by atoms with Crippen molar-refractivity contribution in [3.63, 3.8) is 0 Å². The molecule has 0 saturated heterocycles. The predicted molar refractivity (Wildman–Crippen MR) is 93.4 cm³/mol. The maximum atomic E-state index is 12.0. The summed E-state index contributed by atoms with van der Waals surface area (Å²) in [6.45, 7) is -0.802. The third kappa shape index (κ3) is 9.66. The molecule has 0 fully saturated rings. The van der Waals surface area contributed by atoms with Crippen molar-refractivity contribution in [1.82, 2.24) is 15.6 Å². The van der Waals surface area contributed by atoms with Gasteiger partial charge >= 0.3 is 6.18 Å². The maximum Gasteiger partial charge on any atom is 0.408 e. The number of hydrogen-bond acceptors (Lipinski definition) is 7. The molecule has 0 atom stereocenters. The molecule has 1 aromatic heterocycles. The smallest absolute Gasteiger partial charge is 0.370 e. The zero-order valence-corrected chi connectivity index (χ0v) is 14.8. The number of nitro groups is 1. The molecular weight excluding hydrogens is 375 g/mol. The van der Waals surface area contributed by atoms with Crippen LogP contribution in [0.3, 0.4) is 0 Å². The fourth-order valence-corrected chi connectivity index (χ4v) is 2.51. The molecule has 0 aliphatic rings. The lowest BCUT2D eigenvalue weighted by Crippen LogP contribution is -2.25. The third-order valence-corrected chi connectivity index (χ3v) is 3.70. The van der Waals surface area contributed by atoms with Crippen LogP contribution in [0.25, 0.3) is 0 Å². The van der Waals surface area contributed by atoms with Crippen molar-refractivity contribution < 1.29 is 18.1 Å². The summed E-state index contributed by atoms with van der Waals surface area (Å²) in [7, 11) is 1.58. The lowest BCUT2D eigenvalue weighted by Gasteiger charge is -2.07. The summed E-state index contributed by atoms with van der Waals surface area (Å²) >= 11 is 1.22. The van der Waals surface area contributed by atoms with E-state index in [9.17, 15) is 23.3 Å². The Balaban J connectivity index is 2.33. The fraction of sp³-hybridized carbons (Fsp3) is 0.538. The van der Waals surface area contributed by atoms with Gasteiger partial charge in [-0.1, -0.05) is 0 Å². The number of aliphatic imine (C=N–C) groups is 1. The van der Waals surface area contributed by atoms with Gasteiger partial charge in [-0.15, -0.1) is 11.3 Å². The summed E-state index contributed by atoms with van der Waals surface area (Å²) in [6.07, 6.45) is -1.36. The number of guanidine groups is 1. The highest BCUT2D eigenvalue weighted by molar-refractivity contribution is 7.13. The van der Waals surface area contributed by atoms with Gasteiger partial charge in [0, 0.05) is 19.0 Å². The summed E-state index contributed by atoms with van der Waals surface area (Å²) in [5.74, 6) is -0.0200. The highest BCUT2D eigenvalue weighted by Gasteiger charge is 2.26. The van der Waals surface area contributed by atoms with Crippen LogP contribution in [-0.4, -0.2) is 42.2 Å². The van der Waals surface area contributed by atoms with Crippen LogP contribution in [-0.2, 0) is 6.42 Å². The van der Waals surface area contributed by atoms with Crippen LogP contribution in [0.5, 0.6) is 0 Å². The van der Waals surface area contributed by atoms with E-state index in [2.05, 4.69) is 25.9 Å². The third-order valence-electron chi connectivity index (χ3n) is 2.89. The second kappa shape index (κ2) is 10.4. The van der Waals surface area contributed by atoms with Crippen LogP contribution in [0.1, 0.15) is 18.5 Å². The van der Waals surface area contributed by atoms with Crippen molar-refractivity contribution in [2.45, 2.75) is 25.4 Å². The Morgan fingerprint density at radius 3 is 2.85 bits per heavy atom. The first-order valence-electron chi connectivity index (χ1n) is 7.54. The van der Waals surface area contributed by atoms with E-state index in [1.807, 2.05) is 0 Å². The summed E-state index contributed by atoms with van der Waals surface area (Å²) in [6, 6.07) is 0. The minimum atomic E-state index is -4.41. The number of halogens is 3. The summed E-state index contributed by atoms with van der Waals surface area (Å²) in [5.41, 5.74) is 6.15. The number of thiazole rings is 1. The van der Waals surface area contributed by atoms with Crippen LogP contribution in [0.2, 0.25) is 0 Å². The number of rotatable bonds is 10. The maximum absolute atomic E-state index is 12.0. The van der Waals surface area contributed by atoms with E-state index >= 15 is 0 Å². The summed E-state index contributed by atoms with van der Waals surface area (Å²) in [5, 5.41) is 20.6. The quantitative estimate of drug-likeness (QED) is 0.156. The fourth-order valence-electron chi connectivity index (χ4n) is 1.76. The van der Waals surface area contributed by atoms with Crippen LogP contribution in [0.15, 0.2) is 22.4 Å². The molecule has 1 heterocycles. The monoisotopic (exact) mass is 395 g/mol. The van der Waals surface area contributed by atoms with E-state index in [1.54, 1.807) is 12.4 Å². The number of nitrogens with one attached hydrogen (secondary N) is 3. The molecule has 0 radical (unpaired) electrons. The molecule has 26 heavy (non-hydrogen) atoms. The SMILES string of the molecule is CNC(=C[N+](=O)[O-])NCCCCc1csc(NC(N)=NCC(F)(F)F)n1. The van der Waals surface area contributed by atoms with Gasteiger partial charge in [-0.3, -0.25) is 10.1 Å².